The molecule has 1 fully saturated rings. The van der Waals surface area contributed by atoms with Gasteiger partial charge in [-0.1, -0.05) is 12.1 Å². The van der Waals surface area contributed by atoms with Gasteiger partial charge in [-0.2, -0.15) is 13.2 Å². The molecule has 0 bridgehead atoms. The van der Waals surface area contributed by atoms with Crippen molar-refractivity contribution in [2.24, 2.45) is 0 Å². The molecule has 3 rings (SSSR count). The molecule has 1 heterocycles. The van der Waals surface area contributed by atoms with Crippen LogP contribution in [0.2, 0.25) is 0 Å². The number of carbonyl (C=O) groups is 2. The van der Waals surface area contributed by atoms with Crippen LogP contribution in [0.25, 0.3) is 0 Å². The number of rotatable bonds is 6. The highest BCUT2D eigenvalue weighted by Crippen LogP contribution is 2.29. The highest BCUT2D eigenvalue weighted by molar-refractivity contribution is 5.94. The van der Waals surface area contributed by atoms with E-state index in [4.69, 9.17) is 9.47 Å². The largest absolute Gasteiger partial charge is 0.497 e. The van der Waals surface area contributed by atoms with E-state index in [1.54, 1.807) is 18.9 Å². The molecule has 6 nitrogen and oxygen atoms in total. The molecule has 32 heavy (non-hydrogen) atoms. The van der Waals surface area contributed by atoms with Crippen molar-refractivity contribution in [3.05, 3.63) is 65.2 Å². The minimum absolute atomic E-state index is 0.172. The van der Waals surface area contributed by atoms with Crippen molar-refractivity contribution in [3.8, 4) is 5.75 Å². The van der Waals surface area contributed by atoms with E-state index in [0.717, 1.165) is 17.7 Å². The number of carbonyl (C=O) groups excluding carboxylic acids is 2. The van der Waals surface area contributed by atoms with Crippen molar-refractivity contribution in [3.63, 3.8) is 0 Å². The van der Waals surface area contributed by atoms with Crippen molar-refractivity contribution in [1.82, 2.24) is 9.80 Å². The van der Waals surface area contributed by atoms with Crippen molar-refractivity contribution < 1.29 is 32.2 Å². The van der Waals surface area contributed by atoms with Gasteiger partial charge in [-0.05, 0) is 48.9 Å². The summed E-state index contributed by atoms with van der Waals surface area (Å²) in [4.78, 5) is 28.4. The summed E-state index contributed by atoms with van der Waals surface area (Å²) in [7, 11) is 1.58. The van der Waals surface area contributed by atoms with E-state index in [1.165, 1.54) is 17.0 Å². The van der Waals surface area contributed by atoms with E-state index in [2.05, 4.69) is 0 Å². The Bertz CT molecular complexity index is 939. The van der Waals surface area contributed by atoms with Crippen LogP contribution in [0.3, 0.4) is 0 Å². The lowest BCUT2D eigenvalue weighted by Gasteiger charge is -2.36. The van der Waals surface area contributed by atoms with Gasteiger partial charge in [-0.15, -0.1) is 0 Å². The normalized spacial score (nSPS) is 15.4. The van der Waals surface area contributed by atoms with Crippen LogP contribution in [-0.2, 0) is 22.3 Å². The third kappa shape index (κ3) is 5.79. The van der Waals surface area contributed by atoms with Gasteiger partial charge >= 0.3 is 6.18 Å². The number of piperazine rings is 1. The van der Waals surface area contributed by atoms with Crippen LogP contribution in [0.15, 0.2) is 48.5 Å². The fourth-order valence-electron chi connectivity index (χ4n) is 3.43. The Morgan fingerprint density at radius 1 is 1.00 bits per heavy atom. The number of hydrogen-bond donors (Lipinski definition) is 0. The molecule has 9 heteroatoms. The van der Waals surface area contributed by atoms with E-state index in [9.17, 15) is 22.8 Å². The van der Waals surface area contributed by atoms with Gasteiger partial charge in [0.2, 0.25) is 0 Å². The molecule has 172 valence electrons. The maximum absolute atomic E-state index is 12.7. The topological polar surface area (TPSA) is 59.1 Å². The molecule has 2 aromatic rings. The molecular weight excluding hydrogens is 425 g/mol. The number of nitrogens with zero attached hydrogens (tertiary/aromatic N) is 2. The maximum Gasteiger partial charge on any atom is 0.416 e. The van der Waals surface area contributed by atoms with Crippen LogP contribution in [0.4, 0.5) is 13.2 Å². The van der Waals surface area contributed by atoms with Gasteiger partial charge in [-0.25, -0.2) is 0 Å². The number of benzene rings is 2. The zero-order valence-corrected chi connectivity index (χ0v) is 17.9. The molecule has 2 amide bonds. The Labute approximate surface area is 184 Å². The molecule has 1 aliphatic rings. The summed E-state index contributed by atoms with van der Waals surface area (Å²) in [5.74, 6) is 0.182. The maximum atomic E-state index is 12.7. The molecule has 0 N–H and O–H groups in total. The van der Waals surface area contributed by atoms with Gasteiger partial charge in [0.25, 0.3) is 11.8 Å². The Balaban J connectivity index is 1.49. The Hall–Kier alpha value is -3.07. The summed E-state index contributed by atoms with van der Waals surface area (Å²) < 4.78 is 49.0. The van der Waals surface area contributed by atoms with Gasteiger partial charge in [0.1, 0.15) is 11.9 Å². The molecule has 2 aromatic carbocycles. The number of halogens is 3. The van der Waals surface area contributed by atoms with Crippen molar-refractivity contribution in [1.29, 1.82) is 0 Å². The predicted molar refractivity (Wildman–Crippen MR) is 111 cm³/mol. The van der Waals surface area contributed by atoms with Crippen LogP contribution in [-0.4, -0.2) is 61.0 Å². The summed E-state index contributed by atoms with van der Waals surface area (Å²) in [6.07, 6.45) is -5.10. The number of hydrogen-bond acceptors (Lipinski definition) is 4. The highest BCUT2D eigenvalue weighted by atomic mass is 19.4. The van der Waals surface area contributed by atoms with Crippen LogP contribution in [0, 0.1) is 0 Å². The minimum Gasteiger partial charge on any atom is -0.497 e. The lowest BCUT2D eigenvalue weighted by molar-refractivity contribution is -0.144. The van der Waals surface area contributed by atoms with Gasteiger partial charge < -0.3 is 19.3 Å². The number of methoxy groups -OCH3 is 1. The van der Waals surface area contributed by atoms with E-state index < -0.39 is 17.8 Å². The van der Waals surface area contributed by atoms with Crippen LogP contribution in [0.5, 0.6) is 5.75 Å². The fraction of sp³-hybridized carbons (Fsp3) is 0.391. The summed E-state index contributed by atoms with van der Waals surface area (Å²) in [6, 6.07) is 11.5. The highest BCUT2D eigenvalue weighted by Gasteiger charge is 2.31. The van der Waals surface area contributed by atoms with Gasteiger partial charge in [0.15, 0.2) is 0 Å². The van der Waals surface area contributed by atoms with E-state index in [-0.39, 0.29) is 24.0 Å². The van der Waals surface area contributed by atoms with Gasteiger partial charge in [0.05, 0.1) is 19.3 Å². The van der Waals surface area contributed by atoms with Crippen LogP contribution in [0.1, 0.15) is 28.4 Å². The minimum atomic E-state index is -4.45. The van der Waals surface area contributed by atoms with Crippen LogP contribution < -0.4 is 4.74 Å². The first-order valence-electron chi connectivity index (χ1n) is 10.2. The predicted octanol–water partition coefficient (Wildman–Crippen LogP) is 3.60. The van der Waals surface area contributed by atoms with Gasteiger partial charge in [-0.3, -0.25) is 9.59 Å². The SMILES string of the molecule is COc1cccc(COC(C)C(=O)N2CCN(C(=O)c3ccc(C(F)(F)F)cc3)CC2)c1. The lowest BCUT2D eigenvalue weighted by atomic mass is 10.1. The van der Waals surface area contributed by atoms with E-state index >= 15 is 0 Å². The number of ether oxygens (including phenoxy) is 2. The summed E-state index contributed by atoms with van der Waals surface area (Å²) in [5.41, 5.74) is 0.274. The molecule has 0 aromatic heterocycles. The quantitative estimate of drug-likeness (QED) is 0.675. The first-order chi connectivity index (χ1) is 15.2. The number of amides is 2. The summed E-state index contributed by atoms with van der Waals surface area (Å²) in [6.45, 7) is 3.21. The zero-order valence-electron chi connectivity index (χ0n) is 17.9. The number of alkyl halides is 3. The average Bonchev–Trinajstić information content (AvgIpc) is 2.81. The van der Waals surface area contributed by atoms with Gasteiger partial charge in [0, 0.05) is 31.7 Å². The standard InChI is InChI=1S/C23H25F3N2O4/c1-16(32-15-17-4-3-5-20(14-17)31-2)21(29)27-10-12-28(13-11-27)22(30)18-6-8-19(9-7-18)23(24,25)26/h3-9,14,16H,10-13,15H2,1-2H3. The Morgan fingerprint density at radius 3 is 2.22 bits per heavy atom. The van der Waals surface area contributed by atoms with Crippen molar-refractivity contribution in [2.75, 3.05) is 33.3 Å². The lowest BCUT2D eigenvalue weighted by Crippen LogP contribution is -2.52. The second-order valence-corrected chi connectivity index (χ2v) is 7.50. The second-order valence-electron chi connectivity index (χ2n) is 7.50. The Morgan fingerprint density at radius 2 is 1.62 bits per heavy atom. The molecule has 0 saturated carbocycles. The first-order valence-corrected chi connectivity index (χ1v) is 10.2. The summed E-state index contributed by atoms with van der Waals surface area (Å²) in [5, 5.41) is 0. The second kappa shape index (κ2) is 10.0. The molecule has 1 aliphatic heterocycles. The molecule has 0 aliphatic carbocycles. The monoisotopic (exact) mass is 450 g/mol. The molecule has 1 saturated heterocycles. The first kappa shape index (κ1) is 23.6. The van der Waals surface area contributed by atoms with E-state index in [0.29, 0.717) is 31.9 Å². The Kier molecular flexibility index (Phi) is 7.40. The van der Waals surface area contributed by atoms with Crippen molar-refractivity contribution in [2.45, 2.75) is 25.8 Å². The third-order valence-corrected chi connectivity index (χ3v) is 5.32. The molecular formula is C23H25F3N2O4. The molecule has 0 radical (unpaired) electrons. The molecule has 0 spiro atoms. The fourth-order valence-corrected chi connectivity index (χ4v) is 3.43. The molecule has 1 atom stereocenters. The zero-order chi connectivity index (χ0) is 23.3. The smallest absolute Gasteiger partial charge is 0.416 e. The average molecular weight is 450 g/mol. The van der Waals surface area contributed by atoms with E-state index in [1.807, 2.05) is 24.3 Å². The van der Waals surface area contributed by atoms with Crippen molar-refractivity contribution >= 4 is 11.8 Å². The third-order valence-electron chi connectivity index (χ3n) is 5.32. The molecule has 1 unspecified atom stereocenters. The van der Waals surface area contributed by atoms with Crippen LogP contribution >= 0.6 is 0 Å². The summed E-state index contributed by atoms with van der Waals surface area (Å²) >= 11 is 0.